The van der Waals surface area contributed by atoms with E-state index in [-0.39, 0.29) is 20.8 Å². The highest BCUT2D eigenvalue weighted by molar-refractivity contribution is 7.90. The normalized spacial score (nSPS) is 19.7. The smallest absolute Gasteiger partial charge is 0.304 e. The van der Waals surface area contributed by atoms with Crippen LogP contribution in [-0.2, 0) is 16.3 Å². The van der Waals surface area contributed by atoms with Crippen LogP contribution in [0.5, 0.6) is 0 Å². The number of aromatic nitrogens is 4. The molecule has 8 nitrogen and oxygen atoms in total. The van der Waals surface area contributed by atoms with Gasteiger partial charge in [0.05, 0.1) is 11.1 Å². The Morgan fingerprint density at radius 2 is 1.73 bits per heavy atom. The molecule has 6 rings (SSSR count). The lowest BCUT2D eigenvalue weighted by atomic mass is 9.90. The summed E-state index contributed by atoms with van der Waals surface area (Å²) in [5, 5.41) is 3.91. The number of pyridine rings is 1. The van der Waals surface area contributed by atoms with Gasteiger partial charge >= 0.3 is 6.30 Å². The summed E-state index contributed by atoms with van der Waals surface area (Å²) >= 11 is 0. The first-order chi connectivity index (χ1) is 19.1. The topological polar surface area (TPSA) is 76.3 Å². The van der Waals surface area contributed by atoms with Gasteiger partial charge in [-0.15, -0.1) is 13.2 Å². The Balaban J connectivity index is 1.40. The predicted octanol–water partition coefficient (Wildman–Crippen LogP) is 4.80. The number of piperazine rings is 1. The summed E-state index contributed by atoms with van der Waals surface area (Å²) in [7, 11) is -1.92. The van der Waals surface area contributed by atoms with Crippen LogP contribution in [0.4, 0.5) is 13.2 Å². The highest BCUT2D eigenvalue weighted by Crippen LogP contribution is 2.37. The van der Waals surface area contributed by atoms with Gasteiger partial charge in [-0.1, -0.05) is 24.3 Å². The van der Waals surface area contributed by atoms with E-state index in [1.54, 1.807) is 24.4 Å². The molecule has 2 aliphatic rings. The van der Waals surface area contributed by atoms with E-state index >= 15 is 0 Å². The van der Waals surface area contributed by atoms with Crippen LogP contribution in [-0.4, -0.2) is 76.2 Å². The number of fused-ring (bicyclic) bond motifs is 1. The van der Waals surface area contributed by atoms with Crippen LogP contribution in [0.2, 0.25) is 0 Å². The molecule has 210 valence electrons. The largest absolute Gasteiger partial charge is 0.504 e. The fourth-order valence-corrected chi connectivity index (χ4v) is 6.92. The summed E-state index contributed by atoms with van der Waals surface area (Å²) in [6, 6.07) is 10.2. The molecule has 0 bridgehead atoms. The van der Waals surface area contributed by atoms with Gasteiger partial charge < -0.3 is 4.90 Å². The average Bonchev–Trinajstić information content (AvgIpc) is 3.60. The Hall–Kier alpha value is -3.48. The lowest BCUT2D eigenvalue weighted by Crippen LogP contribution is -2.49. The number of nitrogens with zero attached hydrogens (tertiary/aromatic N) is 6. The number of hydrogen-bond donors (Lipinski definition) is 0. The molecule has 4 aromatic rings. The lowest BCUT2D eigenvalue weighted by molar-refractivity contribution is -0.212. The third-order valence-corrected chi connectivity index (χ3v) is 9.54. The Morgan fingerprint density at radius 3 is 2.38 bits per heavy atom. The van der Waals surface area contributed by atoms with Crippen LogP contribution in [0.1, 0.15) is 24.8 Å². The summed E-state index contributed by atoms with van der Waals surface area (Å²) in [5.74, 6) is 0. The molecule has 0 saturated carbocycles. The van der Waals surface area contributed by atoms with Crippen molar-refractivity contribution in [1.29, 1.82) is 0 Å². The molecule has 1 aromatic carbocycles. The zero-order valence-electron chi connectivity index (χ0n) is 21.9. The molecule has 1 aliphatic carbocycles. The van der Waals surface area contributed by atoms with E-state index in [0.717, 1.165) is 72.9 Å². The second kappa shape index (κ2) is 10.2. The van der Waals surface area contributed by atoms with Crippen molar-refractivity contribution in [1.82, 2.24) is 28.5 Å². The number of alkyl halides is 3. The first kappa shape index (κ1) is 26.7. The minimum absolute atomic E-state index is 0.0558. The Bertz CT molecular complexity index is 1670. The quantitative estimate of drug-likeness (QED) is 0.343. The Labute approximate surface area is 230 Å². The molecule has 1 fully saturated rings. The Morgan fingerprint density at radius 1 is 0.975 bits per heavy atom. The zero-order valence-corrected chi connectivity index (χ0v) is 22.7. The molecule has 0 N–H and O–H groups in total. The van der Waals surface area contributed by atoms with Crippen LogP contribution in [0.3, 0.4) is 0 Å². The van der Waals surface area contributed by atoms with E-state index in [9.17, 15) is 21.6 Å². The van der Waals surface area contributed by atoms with Gasteiger partial charge in [0.25, 0.3) is 10.0 Å². The minimum Gasteiger partial charge on any atom is -0.304 e. The fraction of sp³-hybridized carbons (Fsp3) is 0.357. The van der Waals surface area contributed by atoms with Crippen molar-refractivity contribution in [2.24, 2.45) is 0 Å². The maximum Gasteiger partial charge on any atom is 0.504 e. The third kappa shape index (κ3) is 4.95. The molecule has 40 heavy (non-hydrogen) atoms. The van der Waals surface area contributed by atoms with Gasteiger partial charge in [0.2, 0.25) is 0 Å². The zero-order chi connectivity index (χ0) is 28.1. The highest BCUT2D eigenvalue weighted by Gasteiger charge is 2.32. The highest BCUT2D eigenvalue weighted by atomic mass is 32.2. The van der Waals surface area contributed by atoms with Crippen molar-refractivity contribution in [3.63, 3.8) is 0 Å². The minimum atomic E-state index is -4.69. The molecule has 1 saturated heterocycles. The molecule has 0 amide bonds. The van der Waals surface area contributed by atoms with E-state index in [4.69, 9.17) is 0 Å². The Kier molecular flexibility index (Phi) is 6.79. The maximum atomic E-state index is 13.6. The van der Waals surface area contributed by atoms with Gasteiger partial charge in [0.1, 0.15) is 0 Å². The molecular formula is C28H29F3N6O2S. The van der Waals surface area contributed by atoms with Crippen LogP contribution in [0, 0.1) is 0 Å². The van der Waals surface area contributed by atoms with Crippen molar-refractivity contribution >= 4 is 26.6 Å². The van der Waals surface area contributed by atoms with Crippen molar-refractivity contribution in [3.8, 4) is 11.1 Å². The average molecular weight is 571 g/mol. The van der Waals surface area contributed by atoms with Crippen molar-refractivity contribution in [2.45, 2.75) is 36.5 Å². The van der Waals surface area contributed by atoms with Crippen LogP contribution in [0.25, 0.3) is 27.7 Å². The SMILES string of the molecule is CN1CCN([C@@H]2CC=C(c3cnc4c(c3)c(-c3cnn(C(F)(F)F)c3)cn4S(=O)(=O)c3ccccc3)CC2)CC1. The maximum absolute atomic E-state index is 13.6. The second-order valence-corrected chi connectivity index (χ2v) is 12.2. The van der Waals surface area contributed by atoms with Crippen molar-refractivity contribution in [3.05, 3.63) is 72.8 Å². The van der Waals surface area contributed by atoms with Crippen LogP contribution in [0.15, 0.2) is 72.2 Å². The summed E-state index contributed by atoms with van der Waals surface area (Å²) < 4.78 is 68.0. The molecule has 1 aliphatic heterocycles. The van der Waals surface area contributed by atoms with Crippen LogP contribution < -0.4 is 0 Å². The van der Waals surface area contributed by atoms with E-state index in [2.05, 4.69) is 33.0 Å². The summed E-state index contributed by atoms with van der Waals surface area (Å²) in [6.07, 6.45) is 5.22. The van der Waals surface area contributed by atoms with Gasteiger partial charge in [-0.05, 0) is 55.6 Å². The lowest BCUT2D eigenvalue weighted by Gasteiger charge is -2.39. The molecule has 3 aromatic heterocycles. The van der Waals surface area contributed by atoms with E-state index in [0.29, 0.717) is 17.0 Å². The molecule has 0 unspecified atom stereocenters. The van der Waals surface area contributed by atoms with Crippen LogP contribution >= 0.6 is 0 Å². The molecular weight excluding hydrogens is 541 g/mol. The summed E-state index contributed by atoms with van der Waals surface area (Å²) in [6.45, 7) is 4.22. The first-order valence-electron chi connectivity index (χ1n) is 13.2. The van der Waals surface area contributed by atoms with E-state index < -0.39 is 16.3 Å². The molecule has 4 heterocycles. The first-order valence-corrected chi connectivity index (χ1v) is 14.6. The summed E-state index contributed by atoms with van der Waals surface area (Å²) in [4.78, 5) is 9.48. The van der Waals surface area contributed by atoms with Gasteiger partial charge in [0.15, 0.2) is 5.65 Å². The molecule has 12 heteroatoms. The standard InChI is InChI=1S/C28H29F3N6O2S/c1-34-11-13-35(14-12-34)23-9-7-20(8-10-23)21-15-25-26(22-17-33-37(18-22)28(29,30)31)19-36(27(25)32-16-21)40(38,39)24-5-3-2-4-6-24/h2-7,15-19,23H,8-14H2,1H3/t23-/m1/s1. The number of allylic oxidation sites excluding steroid dienone is 1. The van der Waals surface area contributed by atoms with E-state index in [1.165, 1.54) is 18.3 Å². The van der Waals surface area contributed by atoms with Crippen molar-refractivity contribution < 1.29 is 21.6 Å². The van der Waals surface area contributed by atoms with Gasteiger partial charge in [-0.2, -0.15) is 9.78 Å². The fourth-order valence-electron chi connectivity index (χ4n) is 5.58. The number of likely N-dealkylation sites (N-methyl/N-ethyl adjacent to an activating group) is 1. The summed E-state index contributed by atoms with van der Waals surface area (Å²) in [5.41, 5.74) is 2.55. The van der Waals surface area contributed by atoms with E-state index in [1.807, 2.05) is 6.07 Å². The van der Waals surface area contributed by atoms with Gasteiger partial charge in [0, 0.05) is 67.3 Å². The van der Waals surface area contributed by atoms with Crippen molar-refractivity contribution in [2.75, 3.05) is 33.2 Å². The number of hydrogen-bond acceptors (Lipinski definition) is 6. The van der Waals surface area contributed by atoms with Gasteiger partial charge in [-0.3, -0.25) is 4.90 Å². The molecule has 0 spiro atoms. The van der Waals surface area contributed by atoms with Gasteiger partial charge in [-0.25, -0.2) is 17.4 Å². The number of benzene rings is 1. The molecule has 0 radical (unpaired) electrons. The molecule has 1 atom stereocenters. The predicted molar refractivity (Wildman–Crippen MR) is 146 cm³/mol. The number of halogens is 3. The second-order valence-electron chi connectivity index (χ2n) is 10.4. The monoisotopic (exact) mass is 570 g/mol. The third-order valence-electron chi connectivity index (χ3n) is 7.87. The number of rotatable bonds is 5.